The minimum Gasteiger partial charge on any atom is -0.492 e. The van der Waals surface area contributed by atoms with Crippen LogP contribution in [0.3, 0.4) is 0 Å². The van der Waals surface area contributed by atoms with E-state index >= 15 is 0 Å². The topological polar surface area (TPSA) is 515 Å². The standard InChI is InChI=1S/C90H138IN7O35S3/c1-16-18-19-26-90(112)51-62(101)75(95-88(111)117-15)72(59(90)25-48-134-136-89(9,10)27-22-64(102)92-28-29-93-66(104)24-32-118-34-36-120-38-40-122-42-44-124-46-47-125-45-43-123-41-39-121-37-35-119-33-30-94-65(103)23-31-98-67(105)20-21-68(98)106)54(4)128-87-82(131-69-50-63(113-11)60(52-126-69)97(17-2)58(8)99)77(108)74(55(5)129-87)96-133-70-49-61(100)84(57(7)127-70)135-85(110)71-53(3)73(91)80(83(116-14)79(71)114-12)132-86-78(109)81(115-13)76(107)56(6)130-86/h16,18,20-21,25,54-57,60-61,63,69-70,74,76-78,81-82,84,86-87,96,100,107-109,112H,17,22-24,27-52H2,1-15H3,(H,92,102)(H,93,104)(H,94,103)(H,95,111)/b18-16-,59-25+/t54?,55-,56+,57-,60+,61+,63+,69+,70+,74-,76+,77+,78-,81-,82-,84-,86+,87-,90+/m1/s1. The average Bonchev–Trinajstić information content (AvgIpc) is 0.764. The Balaban J connectivity index is 0.852. The largest absolute Gasteiger partial charge is 0.492 e. The lowest BCUT2D eigenvalue weighted by Crippen LogP contribution is -2.65. The van der Waals surface area contributed by atoms with Gasteiger partial charge in [0, 0.05) is 120 Å². The molecular weight excluding hydrogens is 1960 g/mol. The number of aliphatic hydroxyl groups excluding tert-OH is 4. The van der Waals surface area contributed by atoms with Crippen molar-refractivity contribution in [1.82, 2.24) is 36.5 Å². The summed E-state index contributed by atoms with van der Waals surface area (Å²) in [5.41, 5.74) is 0.975. The van der Waals surface area contributed by atoms with E-state index in [2.05, 4.69) is 38.6 Å². The molecule has 6 aliphatic rings. The molecule has 0 spiro atoms. The number of nitrogens with zero attached hydrogens (tertiary/aromatic N) is 2. The number of alkyl carbamates (subject to hydrolysis) is 1. The molecule has 7 amide bonds. The van der Waals surface area contributed by atoms with Crippen LogP contribution in [-0.4, -0.2) is 394 Å². The van der Waals surface area contributed by atoms with E-state index in [1.54, 1.807) is 58.6 Å². The molecule has 136 heavy (non-hydrogen) atoms. The molecule has 768 valence electrons. The number of thioether (sulfide) groups is 1. The van der Waals surface area contributed by atoms with E-state index in [9.17, 15) is 68.7 Å². The van der Waals surface area contributed by atoms with Crippen molar-refractivity contribution in [3.8, 4) is 29.1 Å². The summed E-state index contributed by atoms with van der Waals surface area (Å²) in [7, 11) is 9.48. The van der Waals surface area contributed by atoms with Crippen LogP contribution in [0, 0.1) is 22.3 Å². The Hall–Kier alpha value is -6.37. The van der Waals surface area contributed by atoms with E-state index in [0.717, 1.165) is 23.8 Å². The van der Waals surface area contributed by atoms with Gasteiger partial charge in [-0.15, -0.1) is 0 Å². The molecule has 0 aromatic heterocycles. The number of Topliss-reactive ketones (excluding diaryl/α,β-unsaturated/α-hetero) is 1. The summed E-state index contributed by atoms with van der Waals surface area (Å²) >= 11 is 2.78. The molecule has 42 nitrogen and oxygen atoms in total. The number of ketones is 1. The summed E-state index contributed by atoms with van der Waals surface area (Å²) in [6.07, 6.45) is -11.8. The van der Waals surface area contributed by atoms with Gasteiger partial charge in [0.2, 0.25) is 40.8 Å². The van der Waals surface area contributed by atoms with Gasteiger partial charge in [-0.05, 0) is 103 Å². The second-order valence-electron chi connectivity index (χ2n) is 32.6. The predicted octanol–water partition coefficient (Wildman–Crippen LogP) is 2.95. The molecule has 0 radical (unpaired) electrons. The van der Waals surface area contributed by atoms with E-state index in [1.165, 1.54) is 75.2 Å². The molecule has 0 saturated carbocycles. The number of rotatable bonds is 59. The first-order chi connectivity index (χ1) is 65.1. The molecule has 4 saturated heterocycles. The number of amides is 7. The Morgan fingerprint density at radius 3 is 1.81 bits per heavy atom. The van der Waals surface area contributed by atoms with Crippen molar-refractivity contribution in [2.75, 3.05) is 186 Å². The molecule has 1 aliphatic carbocycles. The third kappa shape index (κ3) is 36.2. The van der Waals surface area contributed by atoms with Gasteiger partial charge in [-0.3, -0.25) is 53.4 Å². The summed E-state index contributed by atoms with van der Waals surface area (Å²) in [4.78, 5) is 125. The van der Waals surface area contributed by atoms with Crippen molar-refractivity contribution in [3.63, 3.8) is 0 Å². The SMILES string of the molecule is C/C=C\C#C[C@]1(O)CC(=O)C(NC(=O)OC)=C(C(C)O[C@@H]2O[C@H](C)[C@@H](NO[C@H]3C[C@H](O)[C@H](SC(=O)c4c(C)c(I)c(O[C@@H]5O[C@@H](C)[C@H](O)[C@@H](OC)[C@H]5O)c(OC)c4OC)[C@@H](C)O3)[C@H](O)[C@H]2O[C@H]2C[C@H](OC)[C@@H](N(CC)C(C)=O)CO2)/C1=C\CSSC(C)(C)CCC(=O)NCCNC(=O)CCOCCOCCOCCOCCOCCOCCOCCOCCNC(=O)CCN1C(=O)C=CC1=O. The van der Waals surface area contributed by atoms with Gasteiger partial charge in [-0.1, -0.05) is 57.3 Å². The molecular formula is C90H138IN7O35S3. The second kappa shape index (κ2) is 60.8. The van der Waals surface area contributed by atoms with Gasteiger partial charge in [-0.2, -0.15) is 5.48 Å². The van der Waals surface area contributed by atoms with Crippen molar-refractivity contribution >= 4 is 108 Å². The van der Waals surface area contributed by atoms with Crippen LogP contribution in [0.15, 0.2) is 47.2 Å². The summed E-state index contributed by atoms with van der Waals surface area (Å²) in [6, 6.07) is -1.70. The van der Waals surface area contributed by atoms with Crippen LogP contribution in [0.1, 0.15) is 123 Å². The molecule has 1 unspecified atom stereocenters. The first kappa shape index (κ1) is 117. The van der Waals surface area contributed by atoms with Gasteiger partial charge in [0.15, 0.2) is 41.8 Å². The highest BCUT2D eigenvalue weighted by Gasteiger charge is 2.53. The van der Waals surface area contributed by atoms with Crippen LogP contribution >= 0.6 is 55.9 Å². The number of ether oxygens (including phenoxy) is 20. The third-order valence-electron chi connectivity index (χ3n) is 22.4. The number of benzene rings is 1. The van der Waals surface area contributed by atoms with Crippen molar-refractivity contribution in [2.24, 2.45) is 0 Å². The van der Waals surface area contributed by atoms with Gasteiger partial charge in [0.25, 0.3) is 11.8 Å². The normalized spacial score (nSPS) is 26.4. The molecule has 1 aromatic rings. The molecule has 19 atom stereocenters. The van der Waals surface area contributed by atoms with Crippen LogP contribution in [0.4, 0.5) is 4.79 Å². The quantitative estimate of drug-likeness (QED) is 0.0112. The monoisotopic (exact) mass is 2100 g/mol. The van der Waals surface area contributed by atoms with Crippen LogP contribution in [0.2, 0.25) is 0 Å². The Labute approximate surface area is 819 Å². The molecule has 7 rings (SSSR count). The van der Waals surface area contributed by atoms with Crippen LogP contribution in [-0.2, 0) is 119 Å². The average molecular weight is 2100 g/mol. The number of carbonyl (C=O) groups is 9. The molecule has 4 fully saturated rings. The zero-order chi connectivity index (χ0) is 99.6. The summed E-state index contributed by atoms with van der Waals surface area (Å²) in [6.45, 7) is 23.5. The van der Waals surface area contributed by atoms with E-state index in [1.807, 2.05) is 43.4 Å². The number of halogens is 1. The Morgan fingerprint density at radius 2 is 1.26 bits per heavy atom. The van der Waals surface area contributed by atoms with E-state index in [-0.39, 0.29) is 147 Å². The van der Waals surface area contributed by atoms with Gasteiger partial charge >= 0.3 is 6.09 Å². The number of nitrogens with one attached hydrogen (secondary N) is 5. The first-order valence-corrected chi connectivity index (χ1v) is 49.5. The molecule has 46 heteroatoms. The van der Waals surface area contributed by atoms with Crippen LogP contribution < -0.4 is 41.0 Å². The number of methoxy groups -OCH3 is 5. The fraction of sp³-hybridized carbons (Fsp3) is 0.722. The minimum atomic E-state index is -2.20. The van der Waals surface area contributed by atoms with E-state index < -0.39 is 155 Å². The van der Waals surface area contributed by atoms with Crippen molar-refractivity contribution in [3.05, 3.63) is 61.9 Å². The van der Waals surface area contributed by atoms with Gasteiger partial charge in [-0.25, -0.2) is 4.79 Å². The van der Waals surface area contributed by atoms with Crippen molar-refractivity contribution < 1.29 is 168 Å². The molecule has 5 aliphatic heterocycles. The van der Waals surface area contributed by atoms with E-state index in [4.69, 9.17) is 99.6 Å². The fourth-order valence-corrected chi connectivity index (χ4v) is 19.4. The maximum Gasteiger partial charge on any atom is 0.411 e. The summed E-state index contributed by atoms with van der Waals surface area (Å²) in [5.74, 6) is 3.38. The fourth-order valence-electron chi connectivity index (χ4n) is 15.2. The number of aliphatic hydroxyl groups is 5. The summed E-state index contributed by atoms with van der Waals surface area (Å²) in [5, 5.41) is 68.7. The van der Waals surface area contributed by atoms with Crippen LogP contribution in [0.25, 0.3) is 0 Å². The molecule has 0 bridgehead atoms. The number of hydrogen-bond donors (Lipinski definition) is 10. The van der Waals surface area contributed by atoms with Gasteiger partial charge in [0.1, 0.15) is 30.5 Å². The van der Waals surface area contributed by atoms with Crippen molar-refractivity contribution in [2.45, 2.75) is 234 Å². The number of likely N-dealkylation sites (N-methyl/N-ethyl adjacent to an activating group) is 1. The zero-order valence-electron chi connectivity index (χ0n) is 80.0. The number of hydroxylamine groups is 1. The van der Waals surface area contributed by atoms with Gasteiger partial charge < -0.3 is 141 Å². The third-order valence-corrected chi connectivity index (χ3v) is 28.3. The van der Waals surface area contributed by atoms with Gasteiger partial charge in [0.05, 0.1) is 209 Å². The Morgan fingerprint density at radius 1 is 0.691 bits per heavy atom. The number of allylic oxidation sites excluding steroid dienone is 3. The first-order valence-electron chi connectivity index (χ1n) is 45.2. The smallest absolute Gasteiger partial charge is 0.411 e. The minimum absolute atomic E-state index is 0.00458. The lowest BCUT2D eigenvalue weighted by atomic mass is 9.75. The van der Waals surface area contributed by atoms with E-state index in [0.29, 0.717) is 115 Å². The number of hydrogen-bond acceptors (Lipinski definition) is 39. The maximum atomic E-state index is 14.6. The highest BCUT2D eigenvalue weighted by Crippen LogP contribution is 2.50. The Kier molecular flexibility index (Phi) is 52.1. The highest BCUT2D eigenvalue weighted by molar-refractivity contribution is 14.1. The lowest BCUT2D eigenvalue weighted by Gasteiger charge is -2.47. The lowest BCUT2D eigenvalue weighted by molar-refractivity contribution is -0.339. The highest BCUT2D eigenvalue weighted by atomic mass is 127. The molecule has 10 N–H and O–H groups in total. The van der Waals surface area contributed by atoms with Crippen molar-refractivity contribution in [1.29, 1.82) is 0 Å². The predicted molar refractivity (Wildman–Crippen MR) is 503 cm³/mol. The molecule has 5 heterocycles. The number of carbonyl (C=O) groups excluding carboxylic acids is 9. The zero-order valence-corrected chi connectivity index (χ0v) is 84.6. The van der Waals surface area contributed by atoms with Crippen LogP contribution in [0.5, 0.6) is 17.2 Å². The maximum absolute atomic E-state index is 14.6. The second-order valence-corrected chi connectivity index (χ2v) is 37.9. The molecule has 1 aromatic carbocycles. The Bertz CT molecular complexity index is 4160. The number of imide groups is 1. The summed E-state index contributed by atoms with van der Waals surface area (Å²) < 4.78 is 117.